The Morgan fingerprint density at radius 2 is 2.00 bits per heavy atom. The molecule has 0 spiro atoms. The molecule has 0 aliphatic carbocycles. The maximum Gasteiger partial charge on any atom is 0.227 e. The smallest absolute Gasteiger partial charge is 0.227 e. The van der Waals surface area contributed by atoms with Crippen LogP contribution < -0.4 is 5.32 Å². The molecule has 0 heterocycles. The summed E-state index contributed by atoms with van der Waals surface area (Å²) >= 11 is 0. The predicted molar refractivity (Wildman–Crippen MR) is 64.5 cm³/mol. The van der Waals surface area contributed by atoms with E-state index < -0.39 is 0 Å². The minimum atomic E-state index is -0.0418. The summed E-state index contributed by atoms with van der Waals surface area (Å²) < 4.78 is 0. The summed E-state index contributed by atoms with van der Waals surface area (Å²) in [6.07, 6.45) is 0.765. The third kappa shape index (κ3) is 3.19. The van der Waals surface area contributed by atoms with Crippen molar-refractivity contribution in [2.75, 3.05) is 5.32 Å². The van der Waals surface area contributed by atoms with E-state index in [0.717, 1.165) is 6.29 Å². The highest BCUT2D eigenvalue weighted by molar-refractivity contribution is 5.93. The van der Waals surface area contributed by atoms with Crippen LogP contribution in [0, 0.1) is 11.8 Å². The molecule has 0 aliphatic heterocycles. The standard InChI is InChI=1S/C13H17NO2/c1-9(2)10(3)13(16)14-12-6-4-5-11(7-12)8-15/h4-10H,1-3H3,(H,14,16). The van der Waals surface area contributed by atoms with Gasteiger partial charge < -0.3 is 5.32 Å². The molecule has 1 unspecified atom stereocenters. The van der Waals surface area contributed by atoms with Gasteiger partial charge in [0.25, 0.3) is 0 Å². The lowest BCUT2D eigenvalue weighted by atomic mass is 9.97. The van der Waals surface area contributed by atoms with E-state index in [1.54, 1.807) is 24.3 Å². The fourth-order valence-corrected chi connectivity index (χ4v) is 1.25. The van der Waals surface area contributed by atoms with E-state index in [1.165, 1.54) is 0 Å². The molecule has 0 aliphatic rings. The second-order valence-corrected chi connectivity index (χ2v) is 4.27. The summed E-state index contributed by atoms with van der Waals surface area (Å²) in [6, 6.07) is 6.89. The number of carbonyl (C=O) groups is 2. The first-order valence-corrected chi connectivity index (χ1v) is 5.40. The molecule has 16 heavy (non-hydrogen) atoms. The Labute approximate surface area is 95.9 Å². The maximum atomic E-state index is 11.8. The first-order chi connectivity index (χ1) is 7.54. The van der Waals surface area contributed by atoms with Gasteiger partial charge in [0, 0.05) is 17.2 Å². The fourth-order valence-electron chi connectivity index (χ4n) is 1.25. The summed E-state index contributed by atoms with van der Waals surface area (Å²) in [5, 5.41) is 2.80. The molecule has 0 fully saturated rings. The van der Waals surface area contributed by atoms with Gasteiger partial charge >= 0.3 is 0 Å². The second-order valence-electron chi connectivity index (χ2n) is 4.27. The van der Waals surface area contributed by atoms with Gasteiger partial charge in [0.15, 0.2) is 0 Å². The van der Waals surface area contributed by atoms with E-state index in [2.05, 4.69) is 5.32 Å². The molecule has 1 amide bonds. The lowest BCUT2D eigenvalue weighted by Gasteiger charge is -2.15. The van der Waals surface area contributed by atoms with Gasteiger partial charge in [-0.05, 0) is 18.1 Å². The highest BCUT2D eigenvalue weighted by atomic mass is 16.1. The molecule has 1 N–H and O–H groups in total. The van der Waals surface area contributed by atoms with Crippen LogP contribution in [0.4, 0.5) is 5.69 Å². The van der Waals surface area contributed by atoms with Crippen molar-refractivity contribution in [3.05, 3.63) is 29.8 Å². The zero-order chi connectivity index (χ0) is 12.1. The highest BCUT2D eigenvalue weighted by Crippen LogP contribution is 2.14. The number of amides is 1. The molecule has 1 rings (SSSR count). The number of anilines is 1. The Balaban J connectivity index is 2.73. The Morgan fingerprint density at radius 1 is 1.31 bits per heavy atom. The van der Waals surface area contributed by atoms with E-state index in [9.17, 15) is 9.59 Å². The number of rotatable bonds is 4. The Hall–Kier alpha value is -1.64. The topological polar surface area (TPSA) is 46.2 Å². The number of aldehydes is 1. The summed E-state index contributed by atoms with van der Waals surface area (Å²) in [4.78, 5) is 22.3. The molecule has 1 atom stereocenters. The minimum absolute atomic E-state index is 0.0157. The van der Waals surface area contributed by atoms with Crippen LogP contribution in [0.25, 0.3) is 0 Å². The van der Waals surface area contributed by atoms with E-state index in [0.29, 0.717) is 17.2 Å². The zero-order valence-corrected chi connectivity index (χ0v) is 9.86. The molecule has 0 bridgehead atoms. The molecular weight excluding hydrogens is 202 g/mol. The molecule has 1 aromatic rings. The van der Waals surface area contributed by atoms with Gasteiger partial charge in [0.2, 0.25) is 5.91 Å². The number of carbonyl (C=O) groups excluding carboxylic acids is 2. The average molecular weight is 219 g/mol. The average Bonchev–Trinajstić information content (AvgIpc) is 2.28. The van der Waals surface area contributed by atoms with E-state index >= 15 is 0 Å². The van der Waals surface area contributed by atoms with Crippen molar-refractivity contribution >= 4 is 17.9 Å². The molecule has 0 saturated heterocycles. The van der Waals surface area contributed by atoms with Crippen LogP contribution in [0.2, 0.25) is 0 Å². The number of hydrogen-bond acceptors (Lipinski definition) is 2. The van der Waals surface area contributed by atoms with Crippen LogP contribution in [0.1, 0.15) is 31.1 Å². The molecule has 86 valence electrons. The van der Waals surface area contributed by atoms with E-state index in [1.807, 2.05) is 20.8 Å². The Morgan fingerprint density at radius 3 is 2.56 bits per heavy atom. The van der Waals surface area contributed by atoms with Crippen LogP contribution >= 0.6 is 0 Å². The van der Waals surface area contributed by atoms with Crippen LogP contribution in [0.3, 0.4) is 0 Å². The summed E-state index contributed by atoms with van der Waals surface area (Å²) in [5.41, 5.74) is 1.23. The van der Waals surface area contributed by atoms with Gasteiger partial charge in [0.05, 0.1) is 0 Å². The molecule has 3 nitrogen and oxygen atoms in total. The van der Waals surface area contributed by atoms with Crippen LogP contribution in [-0.2, 0) is 4.79 Å². The van der Waals surface area contributed by atoms with Crippen molar-refractivity contribution < 1.29 is 9.59 Å². The Bertz CT molecular complexity index is 385. The lowest BCUT2D eigenvalue weighted by molar-refractivity contribution is -0.120. The van der Waals surface area contributed by atoms with E-state index in [4.69, 9.17) is 0 Å². The number of nitrogens with one attached hydrogen (secondary N) is 1. The number of hydrogen-bond donors (Lipinski definition) is 1. The summed E-state index contributed by atoms with van der Waals surface area (Å²) in [7, 11) is 0. The fraction of sp³-hybridized carbons (Fsp3) is 0.385. The largest absolute Gasteiger partial charge is 0.326 e. The molecule has 3 heteroatoms. The van der Waals surface area contributed by atoms with Crippen molar-refractivity contribution in [1.82, 2.24) is 0 Å². The highest BCUT2D eigenvalue weighted by Gasteiger charge is 2.16. The van der Waals surface area contributed by atoms with Crippen LogP contribution in [-0.4, -0.2) is 12.2 Å². The Kier molecular flexibility index (Phi) is 4.23. The van der Waals surface area contributed by atoms with Gasteiger partial charge in [0.1, 0.15) is 6.29 Å². The molecule has 0 aromatic heterocycles. The van der Waals surface area contributed by atoms with Crippen molar-refractivity contribution in [2.45, 2.75) is 20.8 Å². The van der Waals surface area contributed by atoms with Gasteiger partial charge in [-0.3, -0.25) is 9.59 Å². The van der Waals surface area contributed by atoms with Crippen molar-refractivity contribution in [3.63, 3.8) is 0 Å². The molecular formula is C13H17NO2. The van der Waals surface area contributed by atoms with Gasteiger partial charge in [-0.15, -0.1) is 0 Å². The van der Waals surface area contributed by atoms with Crippen molar-refractivity contribution in [2.24, 2.45) is 11.8 Å². The first-order valence-electron chi connectivity index (χ1n) is 5.40. The monoisotopic (exact) mass is 219 g/mol. The second kappa shape index (κ2) is 5.45. The van der Waals surface area contributed by atoms with E-state index in [-0.39, 0.29) is 11.8 Å². The zero-order valence-electron chi connectivity index (χ0n) is 9.86. The number of benzene rings is 1. The van der Waals surface area contributed by atoms with Crippen LogP contribution in [0.15, 0.2) is 24.3 Å². The van der Waals surface area contributed by atoms with Gasteiger partial charge in [-0.25, -0.2) is 0 Å². The molecule has 1 aromatic carbocycles. The normalized spacial score (nSPS) is 12.2. The maximum absolute atomic E-state index is 11.8. The predicted octanol–water partition coefficient (Wildman–Crippen LogP) is 2.73. The van der Waals surface area contributed by atoms with Crippen LogP contribution in [0.5, 0.6) is 0 Å². The SMILES string of the molecule is CC(C)C(C)C(=O)Nc1cccc(C=O)c1. The van der Waals surface area contributed by atoms with Gasteiger partial charge in [-0.1, -0.05) is 32.9 Å². The third-order valence-electron chi connectivity index (χ3n) is 2.70. The first kappa shape index (κ1) is 12.4. The van der Waals surface area contributed by atoms with Crippen molar-refractivity contribution in [3.8, 4) is 0 Å². The molecule has 0 radical (unpaired) electrons. The summed E-state index contributed by atoms with van der Waals surface area (Å²) in [6.45, 7) is 5.90. The van der Waals surface area contributed by atoms with Crippen molar-refractivity contribution in [1.29, 1.82) is 0 Å². The lowest BCUT2D eigenvalue weighted by Crippen LogP contribution is -2.24. The molecule has 0 saturated carbocycles. The minimum Gasteiger partial charge on any atom is -0.326 e. The van der Waals surface area contributed by atoms with Gasteiger partial charge in [-0.2, -0.15) is 0 Å². The third-order valence-corrected chi connectivity index (χ3v) is 2.70. The quantitative estimate of drug-likeness (QED) is 0.791. The summed E-state index contributed by atoms with van der Waals surface area (Å²) in [5.74, 6) is 0.243.